The molecule has 2 N–H and O–H groups in total. The molecule has 0 bridgehead atoms. The maximum Gasteiger partial charge on any atom is 0.416 e. The summed E-state index contributed by atoms with van der Waals surface area (Å²) in [5, 5.41) is 5.69. The summed E-state index contributed by atoms with van der Waals surface area (Å²) < 4.78 is 38.1. The van der Waals surface area contributed by atoms with Crippen LogP contribution in [0.1, 0.15) is 5.56 Å². The fourth-order valence-corrected chi connectivity index (χ4v) is 2.96. The molecule has 0 atom stereocenters. The molecule has 9 heteroatoms. The van der Waals surface area contributed by atoms with E-state index in [4.69, 9.17) is 11.6 Å². The number of hydrogen-bond donors (Lipinski definition) is 2. The van der Waals surface area contributed by atoms with Crippen molar-refractivity contribution in [2.45, 2.75) is 6.18 Å². The van der Waals surface area contributed by atoms with Crippen molar-refractivity contribution in [1.29, 1.82) is 0 Å². The molecule has 0 spiro atoms. The van der Waals surface area contributed by atoms with Gasteiger partial charge in [-0.25, -0.2) is 10.0 Å². The van der Waals surface area contributed by atoms with Gasteiger partial charge in [0.2, 0.25) is 0 Å². The topological polar surface area (TPSA) is 47.6 Å². The summed E-state index contributed by atoms with van der Waals surface area (Å²) in [4.78, 5) is 12.7. The van der Waals surface area contributed by atoms with Gasteiger partial charge in [-0.2, -0.15) is 13.2 Å². The van der Waals surface area contributed by atoms with E-state index in [2.05, 4.69) is 10.9 Å². The molecule has 0 unspecified atom stereocenters. The van der Waals surface area contributed by atoms with Crippen LogP contribution in [0.3, 0.4) is 0 Å². The van der Waals surface area contributed by atoms with Crippen LogP contribution in [-0.4, -0.2) is 5.91 Å². The van der Waals surface area contributed by atoms with Gasteiger partial charge in [0.25, 0.3) is 5.91 Å². The Balaban J connectivity index is 1.71. The van der Waals surface area contributed by atoms with E-state index in [0.717, 1.165) is 17.1 Å². The molecule has 4 rings (SSSR count). The first-order chi connectivity index (χ1) is 11.9. The van der Waals surface area contributed by atoms with E-state index in [1.165, 1.54) is 17.1 Å². The number of hydrogen-bond acceptors (Lipinski definition) is 4. The Labute approximate surface area is 145 Å². The number of hydrazine groups is 2. The number of halogens is 4. The second-order valence-corrected chi connectivity index (χ2v) is 5.80. The van der Waals surface area contributed by atoms with Crippen molar-refractivity contribution < 1.29 is 18.0 Å². The maximum atomic E-state index is 12.7. The molecule has 2 aromatic rings. The molecule has 1 amide bonds. The van der Waals surface area contributed by atoms with Crippen molar-refractivity contribution in [1.82, 2.24) is 5.53 Å². The summed E-state index contributed by atoms with van der Waals surface area (Å²) in [6.45, 7) is 0. The van der Waals surface area contributed by atoms with Gasteiger partial charge in [0.15, 0.2) is 5.70 Å². The van der Waals surface area contributed by atoms with E-state index < -0.39 is 17.6 Å². The minimum Gasteiger partial charge on any atom is -0.342 e. The molecule has 2 aliphatic heterocycles. The van der Waals surface area contributed by atoms with Crippen molar-refractivity contribution in [3.05, 3.63) is 64.9 Å². The lowest BCUT2D eigenvalue weighted by molar-refractivity contribution is -0.137. The van der Waals surface area contributed by atoms with Gasteiger partial charge in [0.1, 0.15) is 5.16 Å². The van der Waals surface area contributed by atoms with Gasteiger partial charge in [-0.05, 0) is 36.4 Å². The van der Waals surface area contributed by atoms with Gasteiger partial charge in [0, 0.05) is 0 Å². The summed E-state index contributed by atoms with van der Waals surface area (Å²) in [5.74, 6) is -0.480. The van der Waals surface area contributed by atoms with Crippen LogP contribution in [0.4, 0.5) is 30.2 Å². The smallest absolute Gasteiger partial charge is 0.342 e. The number of anilines is 3. The molecule has 0 aliphatic carbocycles. The molecular weight excluding hydrogens is 357 g/mol. The summed E-state index contributed by atoms with van der Waals surface area (Å²) in [6, 6.07) is 11.5. The normalized spacial score (nSPS) is 16.7. The fourth-order valence-electron chi connectivity index (χ4n) is 2.69. The van der Waals surface area contributed by atoms with Crippen LogP contribution in [0.25, 0.3) is 0 Å². The predicted molar refractivity (Wildman–Crippen MR) is 87.5 cm³/mol. The lowest BCUT2D eigenvalue weighted by Crippen LogP contribution is -2.41. The first-order valence-electron chi connectivity index (χ1n) is 7.20. The third-order valence-corrected chi connectivity index (χ3v) is 4.15. The van der Waals surface area contributed by atoms with Crippen LogP contribution in [-0.2, 0) is 11.0 Å². The highest BCUT2D eigenvalue weighted by Gasteiger charge is 2.40. The van der Waals surface area contributed by atoms with Crippen molar-refractivity contribution in [3.63, 3.8) is 0 Å². The summed E-state index contributed by atoms with van der Waals surface area (Å²) in [7, 11) is 0. The number of nitrogens with one attached hydrogen (secondary N) is 2. The molecule has 0 saturated carbocycles. The number of fused-ring (bicyclic) bond motifs is 3. The van der Waals surface area contributed by atoms with Crippen LogP contribution >= 0.6 is 11.6 Å². The Morgan fingerprint density at radius 2 is 1.64 bits per heavy atom. The highest BCUT2D eigenvalue weighted by molar-refractivity contribution is 6.35. The molecule has 2 heterocycles. The molecule has 1 saturated heterocycles. The first-order valence-corrected chi connectivity index (χ1v) is 7.58. The van der Waals surface area contributed by atoms with Gasteiger partial charge >= 0.3 is 6.18 Å². The Morgan fingerprint density at radius 3 is 2.32 bits per heavy atom. The molecule has 2 aliphatic rings. The zero-order valence-electron chi connectivity index (χ0n) is 12.4. The average Bonchev–Trinajstić information content (AvgIpc) is 2.93. The largest absolute Gasteiger partial charge is 0.416 e. The second kappa shape index (κ2) is 5.40. The lowest BCUT2D eigenvalue weighted by Gasteiger charge is -2.27. The van der Waals surface area contributed by atoms with Crippen molar-refractivity contribution in [2.75, 3.05) is 15.3 Å². The Hall–Kier alpha value is -2.71. The molecule has 0 aromatic heterocycles. The zero-order chi connectivity index (χ0) is 17.8. The van der Waals surface area contributed by atoms with Crippen LogP contribution in [0.2, 0.25) is 0 Å². The van der Waals surface area contributed by atoms with Gasteiger partial charge in [0.05, 0.1) is 22.6 Å². The lowest BCUT2D eigenvalue weighted by atomic mass is 10.2. The third-order valence-electron chi connectivity index (χ3n) is 3.88. The van der Waals surface area contributed by atoms with E-state index in [0.29, 0.717) is 11.4 Å². The number of carbonyl (C=O) groups is 1. The molecule has 25 heavy (non-hydrogen) atoms. The number of nitrogens with zero attached hydrogens (tertiary/aromatic N) is 2. The SMILES string of the molecule is O=C1C2=C(Cl)Nc3ccccc3N2NN1c1ccc(C(F)(F)F)cc1. The molecule has 1 fully saturated rings. The minimum absolute atomic E-state index is 0.130. The Kier molecular flexibility index (Phi) is 3.41. The van der Waals surface area contributed by atoms with Gasteiger partial charge in [-0.15, -0.1) is 5.53 Å². The number of rotatable bonds is 1. The van der Waals surface area contributed by atoms with Gasteiger partial charge in [-0.3, -0.25) is 4.79 Å². The van der Waals surface area contributed by atoms with Crippen molar-refractivity contribution in [3.8, 4) is 0 Å². The van der Waals surface area contributed by atoms with Crippen LogP contribution in [0.15, 0.2) is 59.4 Å². The Morgan fingerprint density at radius 1 is 0.960 bits per heavy atom. The number of alkyl halides is 3. The highest BCUT2D eigenvalue weighted by Crippen LogP contribution is 2.39. The van der Waals surface area contributed by atoms with Gasteiger partial charge in [-0.1, -0.05) is 23.7 Å². The fraction of sp³-hybridized carbons (Fsp3) is 0.0625. The molecule has 128 valence electrons. The molecular formula is C16H10ClF3N4O. The minimum atomic E-state index is -4.44. The maximum absolute atomic E-state index is 12.7. The predicted octanol–water partition coefficient (Wildman–Crippen LogP) is 3.81. The van der Waals surface area contributed by atoms with Crippen molar-refractivity contribution in [2.24, 2.45) is 0 Å². The summed E-state index contributed by atoms with van der Waals surface area (Å²) in [6.07, 6.45) is -4.44. The van der Waals surface area contributed by atoms with E-state index in [-0.39, 0.29) is 16.5 Å². The number of amides is 1. The monoisotopic (exact) mass is 366 g/mol. The van der Waals surface area contributed by atoms with E-state index in [1.807, 2.05) is 6.07 Å². The van der Waals surface area contributed by atoms with E-state index >= 15 is 0 Å². The van der Waals surface area contributed by atoms with Crippen molar-refractivity contribution >= 4 is 34.6 Å². The zero-order valence-corrected chi connectivity index (χ0v) is 13.2. The third kappa shape index (κ3) is 2.50. The average molecular weight is 367 g/mol. The Bertz CT molecular complexity index is 895. The number of para-hydroxylation sites is 2. The molecule has 5 nitrogen and oxygen atoms in total. The van der Waals surface area contributed by atoms with Gasteiger partial charge < -0.3 is 5.32 Å². The van der Waals surface area contributed by atoms with E-state index in [9.17, 15) is 18.0 Å². The molecule has 2 aromatic carbocycles. The van der Waals surface area contributed by atoms with Crippen LogP contribution in [0, 0.1) is 0 Å². The standard InChI is InChI=1S/C16H10ClF3N4O/c17-14-13-15(25)23(10-7-5-9(6-8-10)16(18,19)20)22-24(13)12-4-2-1-3-11(12)21-14/h1-8,21-22H. The number of benzene rings is 2. The summed E-state index contributed by atoms with van der Waals surface area (Å²) in [5.41, 5.74) is 3.87. The molecule has 0 radical (unpaired) electrons. The quantitative estimate of drug-likeness (QED) is 0.753. The second-order valence-electron chi connectivity index (χ2n) is 5.43. The van der Waals surface area contributed by atoms with E-state index in [1.54, 1.807) is 18.2 Å². The first kappa shape index (κ1) is 15.8. The number of carbonyl (C=O) groups excluding carboxylic acids is 1. The van der Waals surface area contributed by atoms with Crippen LogP contribution < -0.4 is 20.9 Å². The summed E-state index contributed by atoms with van der Waals surface area (Å²) >= 11 is 6.17. The highest BCUT2D eigenvalue weighted by atomic mass is 35.5. The van der Waals surface area contributed by atoms with Crippen LogP contribution in [0.5, 0.6) is 0 Å².